The van der Waals surface area contributed by atoms with Gasteiger partial charge in [-0.2, -0.15) is 0 Å². The number of hydrogen-bond donors (Lipinski definition) is 2. The summed E-state index contributed by atoms with van der Waals surface area (Å²) in [5.74, 6) is 1.16. The van der Waals surface area contributed by atoms with E-state index in [2.05, 4.69) is 20.1 Å². The maximum Gasteiger partial charge on any atom is 0.230 e. The van der Waals surface area contributed by atoms with Gasteiger partial charge < -0.3 is 15.6 Å². The fraction of sp³-hybridized carbons (Fsp3) is 0.462. The van der Waals surface area contributed by atoms with Crippen molar-refractivity contribution >= 4 is 29.0 Å². The van der Waals surface area contributed by atoms with E-state index in [4.69, 9.17) is 5.73 Å². The molecular weight excluding hydrogens is 306 g/mol. The molecule has 2 aromatic heterocycles. The molecule has 6 nitrogen and oxygen atoms in total. The van der Waals surface area contributed by atoms with Gasteiger partial charge in [0.25, 0.3) is 0 Å². The maximum atomic E-state index is 11.9. The van der Waals surface area contributed by atoms with Gasteiger partial charge >= 0.3 is 0 Å². The van der Waals surface area contributed by atoms with E-state index in [1.54, 1.807) is 11.3 Å². The van der Waals surface area contributed by atoms with Gasteiger partial charge in [0.2, 0.25) is 5.91 Å². The Bertz CT molecular complexity index is 606. The molecule has 1 amide bonds. The zero-order valence-corrected chi connectivity index (χ0v) is 13.1. The van der Waals surface area contributed by atoms with Gasteiger partial charge in [-0.05, 0) is 24.3 Å². The molecule has 112 valence electrons. The molecule has 0 atom stereocenters. The highest BCUT2D eigenvalue weighted by molar-refractivity contribution is 7.99. The fourth-order valence-electron chi connectivity index (χ4n) is 2.02. The van der Waals surface area contributed by atoms with Crippen molar-refractivity contribution in [1.82, 2.24) is 20.1 Å². The summed E-state index contributed by atoms with van der Waals surface area (Å²) in [6, 6.07) is 4.46. The smallest absolute Gasteiger partial charge is 0.230 e. The number of nitrogens with one attached hydrogen (secondary N) is 1. The summed E-state index contributed by atoms with van der Waals surface area (Å²) < 4.78 is 2.08. The summed E-state index contributed by atoms with van der Waals surface area (Å²) in [7, 11) is 0. The Balaban J connectivity index is 1.52. The fourth-order valence-corrected chi connectivity index (χ4v) is 3.52. The van der Waals surface area contributed by atoms with Crippen molar-refractivity contribution in [3.8, 4) is 0 Å². The number of nitrogens with two attached hydrogens (primary N) is 1. The Kier molecular flexibility index (Phi) is 4.57. The summed E-state index contributed by atoms with van der Waals surface area (Å²) in [6.45, 7) is 0.967. The molecule has 2 heterocycles. The zero-order valence-electron chi connectivity index (χ0n) is 11.5. The Morgan fingerprint density at radius 3 is 3.05 bits per heavy atom. The van der Waals surface area contributed by atoms with Crippen molar-refractivity contribution in [3.63, 3.8) is 0 Å². The minimum absolute atomic E-state index is 0.00745. The quantitative estimate of drug-likeness (QED) is 0.755. The van der Waals surface area contributed by atoms with Crippen LogP contribution in [0, 0.1) is 0 Å². The van der Waals surface area contributed by atoms with Crippen LogP contribution in [0.15, 0.2) is 22.7 Å². The predicted molar refractivity (Wildman–Crippen MR) is 83.1 cm³/mol. The van der Waals surface area contributed by atoms with Crippen LogP contribution in [0.4, 0.5) is 0 Å². The lowest BCUT2D eigenvalue weighted by Crippen LogP contribution is -2.24. The van der Waals surface area contributed by atoms with Gasteiger partial charge in [-0.25, -0.2) is 0 Å². The molecule has 0 spiro atoms. The maximum absolute atomic E-state index is 11.9. The second-order valence-electron chi connectivity index (χ2n) is 4.85. The first-order chi connectivity index (χ1) is 10.3. The number of carbonyl (C=O) groups is 1. The highest BCUT2D eigenvalue weighted by atomic mass is 32.2. The van der Waals surface area contributed by atoms with Crippen LogP contribution in [0.2, 0.25) is 0 Å². The van der Waals surface area contributed by atoms with Gasteiger partial charge in [0, 0.05) is 10.9 Å². The molecule has 21 heavy (non-hydrogen) atoms. The third-order valence-electron chi connectivity index (χ3n) is 3.20. The van der Waals surface area contributed by atoms with Crippen LogP contribution in [0.25, 0.3) is 0 Å². The third-order valence-corrected chi connectivity index (χ3v) is 5.02. The molecule has 1 fully saturated rings. The first kappa shape index (κ1) is 14.6. The summed E-state index contributed by atoms with van der Waals surface area (Å²) >= 11 is 3.06. The molecule has 0 aliphatic heterocycles. The summed E-state index contributed by atoms with van der Waals surface area (Å²) in [6.07, 6.45) is 2.28. The van der Waals surface area contributed by atoms with Crippen LogP contribution >= 0.6 is 23.1 Å². The molecule has 1 aliphatic carbocycles. The zero-order chi connectivity index (χ0) is 14.7. The van der Waals surface area contributed by atoms with E-state index in [1.165, 1.54) is 11.8 Å². The molecule has 0 unspecified atom stereocenters. The van der Waals surface area contributed by atoms with Crippen LogP contribution in [0.3, 0.4) is 0 Å². The van der Waals surface area contributed by atoms with E-state index < -0.39 is 0 Å². The van der Waals surface area contributed by atoms with E-state index in [0.717, 1.165) is 28.7 Å². The second kappa shape index (κ2) is 6.59. The lowest BCUT2D eigenvalue weighted by Gasteiger charge is -2.07. The van der Waals surface area contributed by atoms with E-state index in [9.17, 15) is 4.79 Å². The molecule has 0 saturated heterocycles. The van der Waals surface area contributed by atoms with Crippen LogP contribution in [-0.4, -0.2) is 26.4 Å². The summed E-state index contributed by atoms with van der Waals surface area (Å²) in [5, 5.41) is 14.0. The largest absolute Gasteiger partial charge is 0.350 e. The molecule has 0 radical (unpaired) electrons. The number of thioether (sulfide) groups is 1. The van der Waals surface area contributed by atoms with Gasteiger partial charge in [0.1, 0.15) is 5.82 Å². The van der Waals surface area contributed by atoms with Gasteiger partial charge in [-0.15, -0.1) is 21.5 Å². The van der Waals surface area contributed by atoms with Crippen molar-refractivity contribution < 1.29 is 4.79 Å². The summed E-state index contributed by atoms with van der Waals surface area (Å²) in [5.41, 5.74) is 5.68. The monoisotopic (exact) mass is 323 g/mol. The molecule has 0 aromatic carbocycles. The number of nitrogens with zero attached hydrogens (tertiary/aromatic N) is 3. The lowest BCUT2D eigenvalue weighted by molar-refractivity contribution is -0.118. The van der Waals surface area contributed by atoms with Crippen LogP contribution in [-0.2, 0) is 17.9 Å². The Morgan fingerprint density at radius 2 is 2.38 bits per heavy atom. The molecular formula is C13H17N5OS2. The average molecular weight is 323 g/mol. The highest BCUT2D eigenvalue weighted by Gasteiger charge is 2.29. The number of aromatic nitrogens is 3. The SMILES string of the molecule is NCc1nnc(SCC(=O)NCc2cccs2)n1C1CC1. The Labute approximate surface area is 131 Å². The Hall–Kier alpha value is -1.38. The van der Waals surface area contributed by atoms with Crippen molar-refractivity contribution in [1.29, 1.82) is 0 Å². The van der Waals surface area contributed by atoms with Crippen molar-refractivity contribution in [3.05, 3.63) is 28.2 Å². The van der Waals surface area contributed by atoms with Crippen LogP contribution < -0.4 is 11.1 Å². The minimum atomic E-state index is 0.00745. The van der Waals surface area contributed by atoms with E-state index >= 15 is 0 Å². The molecule has 3 N–H and O–H groups in total. The first-order valence-electron chi connectivity index (χ1n) is 6.83. The predicted octanol–water partition coefficient (Wildman–Crippen LogP) is 1.54. The van der Waals surface area contributed by atoms with Crippen molar-refractivity contribution in [2.24, 2.45) is 5.73 Å². The molecule has 3 rings (SSSR count). The Morgan fingerprint density at radius 1 is 1.52 bits per heavy atom. The standard InChI is InChI=1S/C13H17N5OS2/c14-6-11-16-17-13(18(11)9-3-4-9)21-8-12(19)15-7-10-2-1-5-20-10/h1-2,5,9H,3-4,6-8,14H2,(H,15,19). The molecule has 1 aliphatic rings. The number of hydrogen-bond acceptors (Lipinski definition) is 6. The molecule has 0 bridgehead atoms. The number of amides is 1. The minimum Gasteiger partial charge on any atom is -0.350 e. The molecule has 1 saturated carbocycles. The van der Waals surface area contributed by atoms with Gasteiger partial charge in [-0.1, -0.05) is 17.8 Å². The van der Waals surface area contributed by atoms with Gasteiger partial charge in [0.15, 0.2) is 5.16 Å². The van der Waals surface area contributed by atoms with E-state index in [-0.39, 0.29) is 5.91 Å². The normalized spacial score (nSPS) is 14.3. The van der Waals surface area contributed by atoms with Crippen LogP contribution in [0.5, 0.6) is 0 Å². The van der Waals surface area contributed by atoms with Crippen molar-refractivity contribution in [2.45, 2.75) is 37.1 Å². The third kappa shape index (κ3) is 3.63. The summed E-state index contributed by atoms with van der Waals surface area (Å²) in [4.78, 5) is 13.0. The lowest BCUT2D eigenvalue weighted by atomic mass is 10.4. The number of rotatable bonds is 7. The van der Waals surface area contributed by atoms with Crippen molar-refractivity contribution in [2.75, 3.05) is 5.75 Å². The van der Waals surface area contributed by atoms with Gasteiger partial charge in [0.05, 0.1) is 18.8 Å². The first-order valence-corrected chi connectivity index (χ1v) is 8.70. The van der Waals surface area contributed by atoms with E-state index in [1.807, 2.05) is 17.5 Å². The van der Waals surface area contributed by atoms with E-state index in [0.29, 0.717) is 24.9 Å². The topological polar surface area (TPSA) is 85.8 Å². The van der Waals surface area contributed by atoms with Crippen LogP contribution in [0.1, 0.15) is 29.6 Å². The number of thiophene rings is 1. The molecule has 2 aromatic rings. The molecule has 8 heteroatoms. The second-order valence-corrected chi connectivity index (χ2v) is 6.82. The van der Waals surface area contributed by atoms with Gasteiger partial charge in [-0.3, -0.25) is 4.79 Å². The highest BCUT2D eigenvalue weighted by Crippen LogP contribution is 2.38. The number of carbonyl (C=O) groups excluding carboxylic acids is 1. The average Bonchev–Trinajstić information content (AvgIpc) is 3.04.